The Labute approximate surface area is 125 Å². The molecule has 0 aliphatic carbocycles. The van der Waals surface area contributed by atoms with Crippen LogP contribution in [0.25, 0.3) is 0 Å². The van der Waals surface area contributed by atoms with Crippen molar-refractivity contribution >= 4 is 10.8 Å². The molecule has 1 atom stereocenters. The van der Waals surface area contributed by atoms with Gasteiger partial charge in [0.15, 0.2) is 0 Å². The quantitative estimate of drug-likeness (QED) is 0.729. The van der Waals surface area contributed by atoms with E-state index in [1.165, 1.54) is 24.3 Å². The third-order valence-corrected chi connectivity index (χ3v) is 4.21. The second kappa shape index (κ2) is 7.88. The van der Waals surface area contributed by atoms with Gasteiger partial charge in [-0.05, 0) is 48.4 Å². The summed E-state index contributed by atoms with van der Waals surface area (Å²) in [5.74, 6) is 0.793. The largest absolute Gasteiger partial charge is 0.494 e. The molecule has 0 aromatic heterocycles. The first kappa shape index (κ1) is 15.6. The highest BCUT2D eigenvalue weighted by atomic mass is 32.2. The number of ether oxygens (including phenoxy) is 1. The van der Waals surface area contributed by atoms with Crippen molar-refractivity contribution in [2.75, 3.05) is 12.4 Å². The monoisotopic (exact) mass is 310 g/mol. The predicted octanol–water partition coefficient (Wildman–Crippen LogP) is 3.68. The van der Waals surface area contributed by atoms with Gasteiger partial charge in [0, 0.05) is 22.3 Å². The first-order valence-corrected chi connectivity index (χ1v) is 8.10. The van der Waals surface area contributed by atoms with E-state index in [-0.39, 0.29) is 11.6 Å². The first-order chi connectivity index (χ1) is 10.1. The average Bonchev–Trinajstić information content (AvgIpc) is 2.45. The molecule has 2 aromatic carbocycles. The normalized spacial score (nSPS) is 12.1. The fourth-order valence-corrected chi connectivity index (χ4v) is 2.96. The molecule has 0 heterocycles. The number of hydrogen-bond donors (Lipinski definition) is 0. The summed E-state index contributed by atoms with van der Waals surface area (Å²) in [6.07, 6.45) is 0.624. The van der Waals surface area contributed by atoms with E-state index < -0.39 is 10.8 Å². The maximum atomic E-state index is 13.0. The van der Waals surface area contributed by atoms with Crippen molar-refractivity contribution in [1.82, 2.24) is 0 Å². The van der Waals surface area contributed by atoms with Crippen LogP contribution in [-0.4, -0.2) is 16.6 Å². The Kier molecular flexibility index (Phi) is 5.87. The van der Waals surface area contributed by atoms with E-state index in [9.17, 15) is 13.0 Å². The maximum Gasteiger partial charge on any atom is 0.123 e. The molecule has 0 spiro atoms. The minimum atomic E-state index is -1.05. The van der Waals surface area contributed by atoms with E-state index in [0.717, 1.165) is 5.56 Å². The number of hydrogen-bond acceptors (Lipinski definition) is 2. The van der Waals surface area contributed by atoms with Crippen molar-refractivity contribution in [2.24, 2.45) is 0 Å². The molecule has 0 aliphatic rings. The van der Waals surface area contributed by atoms with Gasteiger partial charge in [-0.25, -0.2) is 8.78 Å². The molecule has 0 amide bonds. The summed E-state index contributed by atoms with van der Waals surface area (Å²) in [5.41, 5.74) is 0.729. The van der Waals surface area contributed by atoms with Gasteiger partial charge in [0.2, 0.25) is 0 Å². The van der Waals surface area contributed by atoms with Crippen LogP contribution in [0.3, 0.4) is 0 Å². The van der Waals surface area contributed by atoms with E-state index >= 15 is 0 Å². The van der Waals surface area contributed by atoms with Crippen molar-refractivity contribution in [1.29, 1.82) is 0 Å². The molecular weight excluding hydrogens is 294 g/mol. The van der Waals surface area contributed by atoms with Crippen LogP contribution < -0.4 is 4.74 Å². The first-order valence-electron chi connectivity index (χ1n) is 6.61. The molecule has 0 bridgehead atoms. The van der Waals surface area contributed by atoms with Gasteiger partial charge in [-0.15, -0.1) is 0 Å². The van der Waals surface area contributed by atoms with Gasteiger partial charge < -0.3 is 4.74 Å². The van der Waals surface area contributed by atoms with Crippen molar-refractivity contribution in [2.45, 2.75) is 12.2 Å². The van der Waals surface area contributed by atoms with Gasteiger partial charge >= 0.3 is 0 Å². The van der Waals surface area contributed by atoms with Crippen molar-refractivity contribution in [3.05, 3.63) is 65.7 Å². The molecule has 5 heteroatoms. The summed E-state index contributed by atoms with van der Waals surface area (Å²) in [6, 6.07) is 11.9. The Morgan fingerprint density at radius 3 is 2.48 bits per heavy atom. The Bertz CT molecular complexity index is 599. The summed E-state index contributed by atoms with van der Waals surface area (Å²) in [4.78, 5) is 0. The lowest BCUT2D eigenvalue weighted by Crippen LogP contribution is -2.06. The lowest BCUT2D eigenvalue weighted by molar-refractivity contribution is 0.318. The molecule has 0 saturated heterocycles. The summed E-state index contributed by atoms with van der Waals surface area (Å²) in [7, 11) is -1.05. The van der Waals surface area contributed by atoms with Gasteiger partial charge in [-0.2, -0.15) is 0 Å². The second-order valence-electron chi connectivity index (χ2n) is 4.57. The lowest BCUT2D eigenvalue weighted by atomic mass is 10.2. The fraction of sp³-hybridized carbons (Fsp3) is 0.250. The lowest BCUT2D eigenvalue weighted by Gasteiger charge is -2.06. The van der Waals surface area contributed by atoms with Gasteiger partial charge in [-0.3, -0.25) is 4.21 Å². The van der Waals surface area contributed by atoms with E-state index in [4.69, 9.17) is 4.74 Å². The van der Waals surface area contributed by atoms with Crippen LogP contribution >= 0.6 is 0 Å². The molecule has 0 radical (unpaired) electrons. The SMILES string of the molecule is O=S(CCCOc1ccc(F)cc1)Cc1cccc(F)c1. The van der Waals surface area contributed by atoms with Crippen molar-refractivity contribution in [3.8, 4) is 5.75 Å². The van der Waals surface area contributed by atoms with E-state index in [2.05, 4.69) is 0 Å². The van der Waals surface area contributed by atoms with Gasteiger partial charge in [0.25, 0.3) is 0 Å². The molecule has 2 nitrogen and oxygen atoms in total. The zero-order valence-corrected chi connectivity index (χ0v) is 12.2. The topological polar surface area (TPSA) is 26.3 Å². The molecule has 2 rings (SSSR count). The Balaban J connectivity index is 1.68. The maximum absolute atomic E-state index is 13.0. The zero-order valence-electron chi connectivity index (χ0n) is 11.4. The molecular formula is C16H16F2O2S. The van der Waals surface area contributed by atoms with Crippen LogP contribution in [0.4, 0.5) is 8.78 Å². The minimum Gasteiger partial charge on any atom is -0.494 e. The van der Waals surface area contributed by atoms with Crippen LogP contribution in [-0.2, 0) is 16.6 Å². The number of halogens is 2. The summed E-state index contributed by atoms with van der Waals surface area (Å²) in [6.45, 7) is 0.417. The van der Waals surface area contributed by atoms with Crippen LogP contribution in [0.2, 0.25) is 0 Å². The Hall–Kier alpha value is -1.75. The van der Waals surface area contributed by atoms with Gasteiger partial charge in [0.05, 0.1) is 6.61 Å². The predicted molar refractivity (Wildman–Crippen MR) is 79.6 cm³/mol. The zero-order chi connectivity index (χ0) is 15.1. The molecule has 0 saturated carbocycles. The molecule has 0 aliphatic heterocycles. The van der Waals surface area contributed by atoms with Gasteiger partial charge in [0.1, 0.15) is 17.4 Å². The van der Waals surface area contributed by atoms with Crippen LogP contribution in [0.1, 0.15) is 12.0 Å². The number of rotatable bonds is 7. The highest BCUT2D eigenvalue weighted by Crippen LogP contribution is 2.11. The van der Waals surface area contributed by atoms with Crippen molar-refractivity contribution < 1.29 is 17.7 Å². The molecule has 21 heavy (non-hydrogen) atoms. The summed E-state index contributed by atoms with van der Waals surface area (Å²) in [5, 5.41) is 0. The van der Waals surface area contributed by atoms with Gasteiger partial charge in [-0.1, -0.05) is 12.1 Å². The average molecular weight is 310 g/mol. The Morgan fingerprint density at radius 1 is 1.00 bits per heavy atom. The van der Waals surface area contributed by atoms with E-state index in [1.807, 2.05) is 0 Å². The smallest absolute Gasteiger partial charge is 0.123 e. The second-order valence-corrected chi connectivity index (χ2v) is 6.15. The molecule has 1 unspecified atom stereocenters. The highest BCUT2D eigenvalue weighted by Gasteiger charge is 2.03. The number of benzene rings is 2. The van der Waals surface area contributed by atoms with Crippen molar-refractivity contribution in [3.63, 3.8) is 0 Å². The summed E-state index contributed by atoms with van der Waals surface area (Å²) < 4.78 is 43.0. The highest BCUT2D eigenvalue weighted by molar-refractivity contribution is 7.84. The van der Waals surface area contributed by atoms with Crippen LogP contribution in [0.15, 0.2) is 48.5 Å². The van der Waals surface area contributed by atoms with E-state index in [0.29, 0.717) is 30.3 Å². The Morgan fingerprint density at radius 2 is 1.76 bits per heavy atom. The molecule has 2 aromatic rings. The standard InChI is InChI=1S/C16H16F2O2S/c17-14-5-7-16(8-6-14)20-9-2-10-21(19)12-13-3-1-4-15(18)11-13/h1,3-8,11H,2,9-10,12H2. The summed E-state index contributed by atoms with van der Waals surface area (Å²) >= 11 is 0. The third kappa shape index (κ3) is 5.63. The minimum absolute atomic E-state index is 0.307. The molecule has 0 fully saturated rings. The third-order valence-electron chi connectivity index (χ3n) is 2.82. The van der Waals surface area contributed by atoms with Crippen LogP contribution in [0, 0.1) is 11.6 Å². The molecule has 112 valence electrons. The van der Waals surface area contributed by atoms with Crippen LogP contribution in [0.5, 0.6) is 5.75 Å². The fourth-order valence-electron chi connectivity index (χ4n) is 1.83. The molecule has 0 N–H and O–H groups in total. The van der Waals surface area contributed by atoms with E-state index in [1.54, 1.807) is 24.3 Å².